The summed E-state index contributed by atoms with van der Waals surface area (Å²) in [5, 5.41) is 0. The van der Waals surface area contributed by atoms with Crippen LogP contribution in [0.2, 0.25) is 0 Å². The monoisotopic (exact) mass is 597 g/mol. The molecular formula is C45H43N. The lowest BCUT2D eigenvalue weighted by Crippen LogP contribution is -2.42. The van der Waals surface area contributed by atoms with Crippen LogP contribution in [0.1, 0.15) is 52.7 Å². The van der Waals surface area contributed by atoms with Crippen molar-refractivity contribution in [1.82, 2.24) is 0 Å². The van der Waals surface area contributed by atoms with Crippen LogP contribution < -0.4 is 4.90 Å². The molecule has 0 unspecified atom stereocenters. The summed E-state index contributed by atoms with van der Waals surface area (Å²) in [5.41, 5.74) is 14.0. The molecule has 0 fully saturated rings. The van der Waals surface area contributed by atoms with E-state index in [9.17, 15) is 0 Å². The Morgan fingerprint density at radius 1 is 0.348 bits per heavy atom. The van der Waals surface area contributed by atoms with Gasteiger partial charge in [0.2, 0.25) is 0 Å². The van der Waals surface area contributed by atoms with Crippen LogP contribution in [0, 0.1) is 5.41 Å². The summed E-state index contributed by atoms with van der Waals surface area (Å²) in [4.78, 5) is 2.34. The van der Waals surface area contributed by atoms with E-state index in [-0.39, 0.29) is 16.2 Å². The highest BCUT2D eigenvalue weighted by atomic mass is 15.1. The maximum Gasteiger partial charge on any atom is 0.0462 e. The van der Waals surface area contributed by atoms with Gasteiger partial charge in [-0.15, -0.1) is 0 Å². The van der Waals surface area contributed by atoms with E-state index < -0.39 is 0 Å². The van der Waals surface area contributed by atoms with Gasteiger partial charge in [-0.25, -0.2) is 0 Å². The Labute approximate surface area is 275 Å². The normalized spacial score (nSPS) is 15.7. The first-order chi connectivity index (χ1) is 22.1. The van der Waals surface area contributed by atoms with Crippen LogP contribution in [0.25, 0.3) is 33.4 Å². The van der Waals surface area contributed by atoms with Crippen molar-refractivity contribution in [2.24, 2.45) is 5.41 Å². The third-order valence-corrected chi connectivity index (χ3v) is 11.4. The number of anilines is 3. The number of rotatable bonds is 6. The summed E-state index contributed by atoms with van der Waals surface area (Å²) in [6.07, 6.45) is 0. The summed E-state index contributed by atoms with van der Waals surface area (Å²) >= 11 is 0. The molecule has 0 atom stereocenters. The molecule has 0 radical (unpaired) electrons. The van der Waals surface area contributed by atoms with E-state index in [0.29, 0.717) is 0 Å². The molecule has 1 nitrogen and oxygen atoms in total. The zero-order chi connectivity index (χ0) is 32.1. The smallest absolute Gasteiger partial charge is 0.0462 e. The minimum Gasteiger partial charge on any atom is -0.311 e. The molecule has 46 heavy (non-hydrogen) atoms. The highest BCUT2D eigenvalue weighted by Crippen LogP contribution is 2.62. The molecule has 0 N–H and O–H groups in total. The molecule has 0 aromatic heterocycles. The molecule has 1 aliphatic rings. The number of hydrogen-bond acceptors (Lipinski definition) is 1. The van der Waals surface area contributed by atoms with Crippen LogP contribution in [-0.2, 0) is 10.8 Å². The van der Waals surface area contributed by atoms with E-state index in [2.05, 4.69) is 198 Å². The summed E-state index contributed by atoms with van der Waals surface area (Å²) in [6.45, 7) is 14.6. The van der Waals surface area contributed by atoms with Crippen LogP contribution in [-0.4, -0.2) is 0 Å². The van der Waals surface area contributed by atoms with Gasteiger partial charge in [0, 0.05) is 17.1 Å². The fourth-order valence-corrected chi connectivity index (χ4v) is 7.43. The van der Waals surface area contributed by atoms with Crippen LogP contribution in [0.3, 0.4) is 0 Å². The molecule has 1 heteroatoms. The summed E-state index contributed by atoms with van der Waals surface area (Å²) in [7, 11) is 0. The lowest BCUT2D eigenvalue weighted by molar-refractivity contribution is 0.125. The minimum absolute atomic E-state index is 0.0335. The fraction of sp³-hybridized carbons (Fsp3) is 0.200. The molecule has 0 saturated heterocycles. The van der Waals surface area contributed by atoms with Crippen molar-refractivity contribution < 1.29 is 0 Å². The number of nitrogens with zero attached hydrogens (tertiary/aromatic N) is 1. The molecule has 7 rings (SSSR count). The van der Waals surface area contributed by atoms with Gasteiger partial charge in [-0.1, -0.05) is 145 Å². The van der Waals surface area contributed by atoms with E-state index in [1.165, 1.54) is 44.5 Å². The molecule has 228 valence electrons. The van der Waals surface area contributed by atoms with Crippen molar-refractivity contribution in [2.75, 3.05) is 4.90 Å². The summed E-state index contributed by atoms with van der Waals surface area (Å²) in [5.74, 6) is 0. The minimum atomic E-state index is 0.0335. The van der Waals surface area contributed by atoms with Crippen molar-refractivity contribution in [1.29, 1.82) is 0 Å². The van der Waals surface area contributed by atoms with Crippen molar-refractivity contribution in [2.45, 2.75) is 52.4 Å². The van der Waals surface area contributed by atoms with Gasteiger partial charge in [0.15, 0.2) is 0 Å². The van der Waals surface area contributed by atoms with Crippen LogP contribution in [0.15, 0.2) is 152 Å². The quantitative estimate of drug-likeness (QED) is 0.185. The highest BCUT2D eigenvalue weighted by Gasteiger charge is 2.57. The molecule has 6 aromatic rings. The number of fused-ring (bicyclic) bond motifs is 1. The van der Waals surface area contributed by atoms with Gasteiger partial charge >= 0.3 is 0 Å². The zero-order valence-corrected chi connectivity index (χ0v) is 27.9. The predicted octanol–water partition coefficient (Wildman–Crippen LogP) is 12.8. The van der Waals surface area contributed by atoms with E-state index in [1.807, 2.05) is 0 Å². The summed E-state index contributed by atoms with van der Waals surface area (Å²) in [6, 6.07) is 55.1. The largest absolute Gasteiger partial charge is 0.311 e. The Kier molecular flexibility index (Phi) is 7.24. The molecule has 0 spiro atoms. The number of benzene rings is 6. The van der Waals surface area contributed by atoms with Crippen LogP contribution >= 0.6 is 0 Å². The molecule has 0 aliphatic heterocycles. The van der Waals surface area contributed by atoms with Gasteiger partial charge in [0.1, 0.15) is 0 Å². The Bertz CT molecular complexity index is 1970. The first-order valence-electron chi connectivity index (χ1n) is 16.5. The van der Waals surface area contributed by atoms with Crippen molar-refractivity contribution in [3.05, 3.63) is 163 Å². The molecule has 0 bridgehead atoms. The lowest BCUT2D eigenvalue weighted by Gasteiger charge is -2.44. The summed E-state index contributed by atoms with van der Waals surface area (Å²) < 4.78 is 0. The van der Waals surface area contributed by atoms with Crippen LogP contribution in [0.4, 0.5) is 17.1 Å². The number of hydrogen-bond donors (Lipinski definition) is 0. The average molecular weight is 598 g/mol. The molecule has 0 saturated carbocycles. The van der Waals surface area contributed by atoms with E-state index in [0.717, 1.165) is 17.1 Å². The maximum absolute atomic E-state index is 2.50. The molecule has 6 aromatic carbocycles. The molecule has 1 aliphatic carbocycles. The number of para-hydroxylation sites is 1. The van der Waals surface area contributed by atoms with Crippen molar-refractivity contribution >= 4 is 17.1 Å². The average Bonchev–Trinajstić information content (AvgIpc) is 3.19. The van der Waals surface area contributed by atoms with Gasteiger partial charge < -0.3 is 4.90 Å². The fourth-order valence-electron chi connectivity index (χ4n) is 7.43. The van der Waals surface area contributed by atoms with Crippen molar-refractivity contribution in [3.8, 4) is 33.4 Å². The van der Waals surface area contributed by atoms with E-state index >= 15 is 0 Å². The van der Waals surface area contributed by atoms with Gasteiger partial charge in [-0.3, -0.25) is 0 Å². The Balaban J connectivity index is 1.34. The third kappa shape index (κ3) is 4.77. The standard InChI is InChI=1S/C45H43N/c1-43(2)41-30-39(34-18-12-8-13-19-34)40(31-42(41)44(3,4)45(43,5)6)35-24-28-38(29-25-35)46(36-20-14-9-15-21-36)37-26-22-33(23-27-37)32-16-10-7-11-17-32/h7-31H,1-6H3. The molecular weight excluding hydrogens is 555 g/mol. The Morgan fingerprint density at radius 3 is 1.13 bits per heavy atom. The van der Waals surface area contributed by atoms with Crippen LogP contribution in [0.5, 0.6) is 0 Å². The lowest BCUT2D eigenvalue weighted by atomic mass is 9.59. The topological polar surface area (TPSA) is 3.24 Å². The molecule has 0 amide bonds. The predicted molar refractivity (Wildman–Crippen MR) is 197 cm³/mol. The van der Waals surface area contributed by atoms with Gasteiger partial charge in [-0.2, -0.15) is 0 Å². The highest BCUT2D eigenvalue weighted by molar-refractivity contribution is 5.87. The SMILES string of the molecule is CC1(C)c2cc(-c3ccccc3)c(-c3ccc(N(c4ccccc4)c4ccc(-c5ccccc5)cc4)cc3)cc2C(C)(C)C1(C)C. The second kappa shape index (κ2) is 11.2. The van der Waals surface area contributed by atoms with Gasteiger partial charge in [-0.05, 0) is 109 Å². The van der Waals surface area contributed by atoms with E-state index in [4.69, 9.17) is 0 Å². The first-order valence-corrected chi connectivity index (χ1v) is 16.5. The van der Waals surface area contributed by atoms with Gasteiger partial charge in [0.25, 0.3) is 0 Å². The maximum atomic E-state index is 2.50. The second-order valence-corrected chi connectivity index (χ2v) is 14.3. The first kappa shape index (κ1) is 29.8. The van der Waals surface area contributed by atoms with E-state index in [1.54, 1.807) is 0 Å². The van der Waals surface area contributed by atoms with Gasteiger partial charge in [0.05, 0.1) is 0 Å². The zero-order valence-electron chi connectivity index (χ0n) is 27.9. The molecule has 0 heterocycles. The second-order valence-electron chi connectivity index (χ2n) is 14.3. The Hall–Kier alpha value is -4.88. The Morgan fingerprint density at radius 2 is 0.674 bits per heavy atom. The van der Waals surface area contributed by atoms with Crippen molar-refractivity contribution in [3.63, 3.8) is 0 Å². The third-order valence-electron chi connectivity index (χ3n) is 11.4.